The van der Waals surface area contributed by atoms with E-state index in [-0.39, 0.29) is 5.88 Å². The van der Waals surface area contributed by atoms with Crippen molar-refractivity contribution in [1.82, 2.24) is 29.1 Å². The first-order valence-corrected chi connectivity index (χ1v) is 22.8. The van der Waals surface area contributed by atoms with Crippen LogP contribution in [-0.2, 0) is 13.1 Å². The second-order valence-corrected chi connectivity index (χ2v) is 16.8. The molecule has 3 N–H and O–H groups in total. The van der Waals surface area contributed by atoms with Crippen LogP contribution in [0.25, 0.3) is 22.1 Å². The van der Waals surface area contributed by atoms with E-state index in [1.54, 1.807) is 60.7 Å². The molecule has 4 aromatic heterocycles. The van der Waals surface area contributed by atoms with Crippen LogP contribution in [0.1, 0.15) is 55.6 Å². The lowest BCUT2D eigenvalue weighted by Gasteiger charge is -2.14. The summed E-state index contributed by atoms with van der Waals surface area (Å²) in [5, 5.41) is 40.5. The molecule has 10 aromatic rings. The summed E-state index contributed by atoms with van der Waals surface area (Å²) in [4.78, 5) is 17.3. The Kier molecular flexibility index (Phi) is 15.1. The van der Waals surface area contributed by atoms with Gasteiger partial charge in [-0.15, -0.1) is 0 Å². The fraction of sp³-hybridized carbons (Fsp3) is 0.103. The third kappa shape index (κ3) is 11.9. The number of rotatable bonds is 10. The second kappa shape index (κ2) is 22.4. The van der Waals surface area contributed by atoms with Crippen LogP contribution >= 0.6 is 0 Å². The van der Waals surface area contributed by atoms with Crippen molar-refractivity contribution in [2.24, 2.45) is 0 Å². The Labute approximate surface area is 420 Å². The van der Waals surface area contributed by atoms with Crippen molar-refractivity contribution in [3.8, 4) is 47.5 Å². The lowest BCUT2D eigenvalue weighted by atomic mass is 10.1. The van der Waals surface area contributed by atoms with Gasteiger partial charge in [-0.25, -0.2) is 0 Å². The van der Waals surface area contributed by atoms with Crippen molar-refractivity contribution in [3.63, 3.8) is 0 Å². The van der Waals surface area contributed by atoms with Gasteiger partial charge < -0.3 is 29.7 Å². The fourth-order valence-electron chi connectivity index (χ4n) is 7.94. The van der Waals surface area contributed by atoms with E-state index in [1.165, 1.54) is 0 Å². The summed E-state index contributed by atoms with van der Waals surface area (Å²) < 4.78 is 30.4. The first-order chi connectivity index (χ1) is 35.4. The maximum absolute atomic E-state index is 14.2. The molecular formula is C58H45FN12O2. The zero-order valence-electron chi connectivity index (χ0n) is 40.2. The van der Waals surface area contributed by atoms with Gasteiger partial charge in [0.1, 0.15) is 17.1 Å². The Hall–Kier alpha value is -10.4. The number of hydrogen-bond donors (Lipinski definition) is 2. The molecule has 0 atom stereocenters. The summed E-state index contributed by atoms with van der Waals surface area (Å²) in [7, 11) is 0. The topological polar surface area (TPSA) is 213 Å². The van der Waals surface area contributed by atoms with Crippen LogP contribution in [0.3, 0.4) is 0 Å². The molecule has 73 heavy (non-hydrogen) atoms. The van der Waals surface area contributed by atoms with E-state index < -0.39 is 6.08 Å². The molecular weight excluding hydrogens is 916 g/mol. The molecule has 10 rings (SSSR count). The van der Waals surface area contributed by atoms with E-state index in [9.17, 15) is 9.65 Å². The molecule has 0 saturated heterocycles. The molecule has 4 heterocycles. The number of nitrogen functional groups attached to an aromatic ring is 1. The lowest BCUT2D eigenvalue weighted by molar-refractivity contribution is 0.437. The summed E-state index contributed by atoms with van der Waals surface area (Å²) in [6.07, 6.45) is 2.97. The maximum atomic E-state index is 14.2. The van der Waals surface area contributed by atoms with E-state index in [0.717, 1.165) is 50.1 Å². The Bertz CT molecular complexity index is 3720. The summed E-state index contributed by atoms with van der Waals surface area (Å²) in [5.41, 5.74) is 15.9. The molecule has 0 aliphatic carbocycles. The van der Waals surface area contributed by atoms with E-state index in [2.05, 4.69) is 50.2 Å². The summed E-state index contributed by atoms with van der Waals surface area (Å²) in [6, 6.07) is 53.2. The molecule has 0 spiro atoms. The van der Waals surface area contributed by atoms with Gasteiger partial charge in [0.2, 0.25) is 17.7 Å². The molecule has 0 unspecified atom stereocenters. The number of ether oxygens (including phenoxy) is 2. The predicted octanol–water partition coefficient (Wildman–Crippen LogP) is 12.4. The van der Waals surface area contributed by atoms with E-state index in [1.807, 2.05) is 124 Å². The van der Waals surface area contributed by atoms with Crippen molar-refractivity contribution in [2.75, 3.05) is 11.1 Å². The van der Waals surface area contributed by atoms with Crippen molar-refractivity contribution in [2.45, 2.75) is 40.8 Å². The number of nitrogens with one attached hydrogen (secondary N) is 1. The zero-order valence-corrected chi connectivity index (χ0v) is 40.2. The minimum Gasteiger partial charge on any atom is -0.438 e. The minimum absolute atomic E-state index is 0.158. The standard InChI is InChI=1S/C29H22N6O.C22H17FN4O.C7H6N2/c1-19-14-23(17-31)15-20(2)26(19)36-28-25-12-13-35(18-22-6-4-3-5-7-22)27(25)33-29(34-28)32-24-10-8-21(16-30)9-11-24;1-14-10-17(12-24)11-15(2)19(14)28-21-18-8-9-27(20(18)25-22(23)26-21)13-16-6-4-3-5-7-16;8-5-6-1-3-7(9)4-2-6/h3-15H,18H2,1-2H3,(H,32,33,34);3-11H,13H2,1-2H3;1-4H,9H2. The highest BCUT2D eigenvalue weighted by atomic mass is 19.1. The van der Waals surface area contributed by atoms with Gasteiger partial charge in [-0.1, -0.05) is 60.7 Å². The average Bonchev–Trinajstić information content (AvgIpc) is 4.00. The Morgan fingerprint density at radius 2 is 0.918 bits per heavy atom. The molecule has 0 aliphatic heterocycles. The van der Waals surface area contributed by atoms with Crippen molar-refractivity contribution in [1.29, 1.82) is 21.0 Å². The number of fused-ring (bicyclic) bond motifs is 2. The second-order valence-electron chi connectivity index (χ2n) is 16.8. The highest BCUT2D eigenvalue weighted by Gasteiger charge is 2.19. The number of nitrogens with zero attached hydrogens (tertiary/aromatic N) is 10. The minimum atomic E-state index is -0.848. The fourth-order valence-corrected chi connectivity index (χ4v) is 7.94. The Morgan fingerprint density at radius 3 is 1.36 bits per heavy atom. The van der Waals surface area contributed by atoms with Crippen molar-refractivity contribution >= 4 is 39.4 Å². The quantitative estimate of drug-likeness (QED) is 0.0967. The van der Waals surface area contributed by atoms with Crippen LogP contribution in [-0.4, -0.2) is 29.1 Å². The van der Waals surface area contributed by atoms with Crippen LogP contribution in [0.2, 0.25) is 0 Å². The van der Waals surface area contributed by atoms with Crippen molar-refractivity contribution < 1.29 is 13.9 Å². The molecule has 0 saturated carbocycles. The smallest absolute Gasteiger partial charge is 0.313 e. The van der Waals surface area contributed by atoms with Crippen LogP contribution in [0.15, 0.2) is 158 Å². The molecule has 0 aliphatic rings. The van der Waals surface area contributed by atoms with Gasteiger partial charge in [-0.2, -0.15) is 45.4 Å². The number of benzene rings is 6. The van der Waals surface area contributed by atoms with Gasteiger partial charge in [-0.05, 0) is 146 Å². The Balaban J connectivity index is 0.000000170. The van der Waals surface area contributed by atoms with Crippen molar-refractivity contribution in [3.05, 3.63) is 220 Å². The van der Waals surface area contributed by atoms with Gasteiger partial charge in [0, 0.05) is 36.9 Å². The Morgan fingerprint density at radius 1 is 0.507 bits per heavy atom. The number of aryl methyl sites for hydroxylation is 4. The predicted molar refractivity (Wildman–Crippen MR) is 278 cm³/mol. The van der Waals surface area contributed by atoms with Crippen LogP contribution in [0.4, 0.5) is 21.7 Å². The molecule has 14 nitrogen and oxygen atoms in total. The number of anilines is 3. The lowest BCUT2D eigenvalue weighted by Crippen LogP contribution is -2.04. The number of aromatic nitrogens is 6. The van der Waals surface area contributed by atoms with E-state index >= 15 is 0 Å². The van der Waals surface area contributed by atoms with E-state index in [4.69, 9.17) is 41.0 Å². The molecule has 0 radical (unpaired) electrons. The maximum Gasteiger partial charge on any atom is 0.313 e. The average molecular weight is 961 g/mol. The largest absolute Gasteiger partial charge is 0.438 e. The number of hydrogen-bond acceptors (Lipinski definition) is 12. The first-order valence-electron chi connectivity index (χ1n) is 22.8. The van der Waals surface area contributed by atoms with Gasteiger partial charge in [0.15, 0.2) is 5.65 Å². The first kappa shape index (κ1) is 49.1. The molecule has 15 heteroatoms. The highest BCUT2D eigenvalue weighted by Crippen LogP contribution is 2.36. The van der Waals surface area contributed by atoms with Crippen LogP contribution in [0, 0.1) is 79.1 Å². The highest BCUT2D eigenvalue weighted by molar-refractivity contribution is 5.84. The summed E-state index contributed by atoms with van der Waals surface area (Å²) >= 11 is 0. The van der Waals surface area contributed by atoms with E-state index in [0.29, 0.717) is 75.4 Å². The third-order valence-corrected chi connectivity index (χ3v) is 11.4. The number of nitrogens with two attached hydrogens (primary N) is 1. The molecule has 6 aromatic carbocycles. The summed E-state index contributed by atoms with van der Waals surface area (Å²) in [6.45, 7) is 8.73. The van der Waals surface area contributed by atoms with Gasteiger partial charge in [0.05, 0.1) is 57.3 Å². The molecule has 356 valence electrons. The van der Waals surface area contributed by atoms with Gasteiger partial charge in [-0.3, -0.25) is 0 Å². The van der Waals surface area contributed by atoms with Gasteiger partial charge in [0.25, 0.3) is 0 Å². The van der Waals surface area contributed by atoms with Gasteiger partial charge >= 0.3 is 6.08 Å². The third-order valence-electron chi connectivity index (χ3n) is 11.4. The number of halogens is 1. The van der Waals surface area contributed by atoms with Crippen LogP contribution in [0.5, 0.6) is 23.3 Å². The molecule has 0 amide bonds. The molecule has 0 fully saturated rings. The zero-order chi connectivity index (χ0) is 51.4. The number of nitriles is 4. The SMILES string of the molecule is Cc1cc(C#N)cc(C)c1Oc1nc(F)nc2c1ccn2Cc1ccccc1.Cc1cc(C#N)cc(C)c1Oc1nc(Nc2ccc(C#N)cc2)nc2c1ccn2Cc1ccccc1.N#Cc1ccc(N)cc1. The summed E-state index contributed by atoms with van der Waals surface area (Å²) in [5.74, 6) is 2.17. The monoisotopic (exact) mass is 960 g/mol. The molecule has 0 bridgehead atoms. The normalized spacial score (nSPS) is 10.4. The van der Waals surface area contributed by atoms with Crippen LogP contribution < -0.4 is 20.5 Å².